The molecule has 0 spiro atoms. The monoisotopic (exact) mass is 565 g/mol. The third kappa shape index (κ3) is 4.81. The van der Waals surface area contributed by atoms with Crippen LogP contribution in [-0.4, -0.2) is 0 Å². The first-order chi connectivity index (χ1) is 21.8. The van der Waals surface area contributed by atoms with E-state index in [9.17, 15) is 0 Å². The molecule has 0 N–H and O–H groups in total. The Bertz CT molecular complexity index is 2070. The van der Waals surface area contributed by atoms with E-state index in [1.54, 1.807) is 0 Å². The minimum atomic E-state index is 0.919. The van der Waals surface area contributed by atoms with Gasteiger partial charge in [0, 0.05) is 22.3 Å². The summed E-state index contributed by atoms with van der Waals surface area (Å²) in [4.78, 5) is 2.33. The van der Waals surface area contributed by atoms with Gasteiger partial charge in [0.25, 0.3) is 0 Å². The molecule has 1 aliphatic rings. The number of hydrogen-bond donors (Lipinski definition) is 0. The standard InChI is InChI=1S/C42H31NO/c1-4-12-30(13-5-1)32-20-22-34(23-21-32)35-28-39-38-18-10-11-19-41(38)44-42(39)40(29-35)43(36-16-8-3-9-17-36)37-26-24-33(25-27-37)31-14-6-2-7-15-31/h1-9,11-17,19-29H,10,18H2. The highest BCUT2D eigenvalue weighted by molar-refractivity contribution is 6.01. The van der Waals surface area contributed by atoms with Crippen molar-refractivity contribution in [2.24, 2.45) is 0 Å². The third-order valence-corrected chi connectivity index (χ3v) is 8.55. The van der Waals surface area contributed by atoms with Crippen molar-refractivity contribution < 1.29 is 4.42 Å². The Balaban J connectivity index is 1.31. The Morgan fingerprint density at radius 1 is 0.477 bits per heavy atom. The first-order valence-corrected chi connectivity index (χ1v) is 15.2. The lowest BCUT2D eigenvalue weighted by Crippen LogP contribution is -2.10. The van der Waals surface area contributed by atoms with Crippen molar-refractivity contribution in [1.82, 2.24) is 0 Å². The molecule has 1 aromatic heterocycles. The fraction of sp³-hybridized carbons (Fsp3) is 0.0476. The Morgan fingerprint density at radius 2 is 0.977 bits per heavy atom. The highest BCUT2D eigenvalue weighted by Gasteiger charge is 2.23. The van der Waals surface area contributed by atoms with Crippen molar-refractivity contribution in [2.75, 3.05) is 4.90 Å². The molecule has 7 aromatic rings. The van der Waals surface area contributed by atoms with Gasteiger partial charge in [-0.2, -0.15) is 0 Å². The Kier molecular flexibility index (Phi) is 6.66. The van der Waals surface area contributed by atoms with Gasteiger partial charge in [-0.3, -0.25) is 0 Å². The zero-order chi connectivity index (χ0) is 29.3. The topological polar surface area (TPSA) is 16.4 Å². The summed E-state index contributed by atoms with van der Waals surface area (Å²) in [5, 5.41) is 1.19. The van der Waals surface area contributed by atoms with Crippen LogP contribution < -0.4 is 4.90 Å². The summed E-state index contributed by atoms with van der Waals surface area (Å²) < 4.78 is 6.68. The Hall–Kier alpha value is -5.60. The van der Waals surface area contributed by atoms with E-state index in [1.165, 1.54) is 44.3 Å². The molecular formula is C42H31NO. The number of para-hydroxylation sites is 1. The van der Waals surface area contributed by atoms with E-state index in [0.29, 0.717) is 0 Å². The smallest absolute Gasteiger partial charge is 0.159 e. The summed E-state index contributed by atoms with van der Waals surface area (Å²) in [7, 11) is 0. The molecule has 0 radical (unpaired) electrons. The van der Waals surface area contributed by atoms with Crippen molar-refractivity contribution in [3.05, 3.63) is 169 Å². The Labute approximate surface area is 258 Å². The summed E-state index contributed by atoms with van der Waals surface area (Å²) >= 11 is 0. The van der Waals surface area contributed by atoms with Crippen LogP contribution in [0.2, 0.25) is 0 Å². The van der Waals surface area contributed by atoms with Gasteiger partial charge in [0.2, 0.25) is 0 Å². The number of hydrogen-bond acceptors (Lipinski definition) is 2. The third-order valence-electron chi connectivity index (χ3n) is 8.55. The van der Waals surface area contributed by atoms with Gasteiger partial charge >= 0.3 is 0 Å². The maximum atomic E-state index is 6.68. The van der Waals surface area contributed by atoms with Crippen molar-refractivity contribution in [1.29, 1.82) is 0 Å². The lowest BCUT2D eigenvalue weighted by atomic mass is 9.95. The summed E-state index contributed by atoms with van der Waals surface area (Å²) in [5.41, 5.74) is 12.6. The molecule has 2 heteroatoms. The van der Waals surface area contributed by atoms with E-state index >= 15 is 0 Å². The molecule has 1 heterocycles. The maximum Gasteiger partial charge on any atom is 0.159 e. The van der Waals surface area contributed by atoms with Gasteiger partial charge in [-0.05, 0) is 88.7 Å². The second-order valence-corrected chi connectivity index (χ2v) is 11.3. The number of rotatable bonds is 6. The molecule has 0 atom stereocenters. The van der Waals surface area contributed by atoms with Crippen LogP contribution in [0.4, 0.5) is 17.1 Å². The lowest BCUT2D eigenvalue weighted by Gasteiger charge is -2.26. The molecular weight excluding hydrogens is 534 g/mol. The van der Waals surface area contributed by atoms with Crippen molar-refractivity contribution in [3.63, 3.8) is 0 Å². The second kappa shape index (κ2) is 11.2. The molecule has 0 amide bonds. The molecule has 0 aliphatic heterocycles. The van der Waals surface area contributed by atoms with Crippen LogP contribution >= 0.6 is 0 Å². The largest absolute Gasteiger partial charge is 0.454 e. The Morgan fingerprint density at radius 3 is 1.59 bits per heavy atom. The van der Waals surface area contributed by atoms with Crippen LogP contribution in [0.25, 0.3) is 50.4 Å². The van der Waals surface area contributed by atoms with Gasteiger partial charge in [0.1, 0.15) is 5.76 Å². The van der Waals surface area contributed by atoms with Crippen molar-refractivity contribution in [2.45, 2.75) is 12.8 Å². The predicted molar refractivity (Wildman–Crippen MR) is 185 cm³/mol. The average molecular weight is 566 g/mol. The van der Waals surface area contributed by atoms with Crippen LogP contribution in [0, 0.1) is 0 Å². The summed E-state index contributed by atoms with van der Waals surface area (Å²) in [6.45, 7) is 0. The highest BCUT2D eigenvalue weighted by atomic mass is 16.3. The number of anilines is 3. The number of nitrogens with zero attached hydrogens (tertiary/aromatic N) is 1. The van der Waals surface area contributed by atoms with Crippen LogP contribution in [-0.2, 0) is 6.42 Å². The number of benzene rings is 6. The molecule has 0 saturated carbocycles. The van der Waals surface area contributed by atoms with Crippen molar-refractivity contribution >= 4 is 34.1 Å². The van der Waals surface area contributed by atoms with Crippen molar-refractivity contribution in [3.8, 4) is 33.4 Å². The molecule has 0 fully saturated rings. The zero-order valence-electron chi connectivity index (χ0n) is 24.4. The number of furan rings is 1. The SMILES string of the molecule is C1=Cc2oc3c(N(c4ccccc4)c4ccc(-c5ccccc5)cc4)cc(-c4ccc(-c5ccccc5)cc4)cc3c2CC1. The zero-order valence-corrected chi connectivity index (χ0v) is 24.4. The van der Waals surface area contributed by atoms with Gasteiger partial charge in [-0.1, -0.05) is 121 Å². The number of aryl methyl sites for hydroxylation is 1. The first-order valence-electron chi connectivity index (χ1n) is 15.2. The maximum absolute atomic E-state index is 6.68. The van der Waals surface area contributed by atoms with Crippen LogP contribution in [0.5, 0.6) is 0 Å². The molecule has 0 saturated heterocycles. The van der Waals surface area contributed by atoms with E-state index in [2.05, 4.69) is 169 Å². The first kappa shape index (κ1) is 26.1. The quantitative estimate of drug-likeness (QED) is 0.199. The number of allylic oxidation sites excluding steroid dienone is 1. The van der Waals surface area contributed by atoms with Gasteiger partial charge in [-0.25, -0.2) is 0 Å². The summed E-state index contributed by atoms with van der Waals surface area (Å²) in [6.07, 6.45) is 6.35. The molecule has 0 unspecified atom stereocenters. The lowest BCUT2D eigenvalue weighted by molar-refractivity contribution is 0.596. The van der Waals surface area contributed by atoms with Gasteiger partial charge < -0.3 is 9.32 Å². The minimum Gasteiger partial charge on any atom is -0.454 e. The molecule has 0 bridgehead atoms. The second-order valence-electron chi connectivity index (χ2n) is 11.3. The van der Waals surface area contributed by atoms with E-state index in [4.69, 9.17) is 4.42 Å². The molecule has 44 heavy (non-hydrogen) atoms. The van der Waals surface area contributed by atoms with Crippen LogP contribution in [0.1, 0.15) is 17.7 Å². The molecule has 8 rings (SSSR count). The van der Waals surface area contributed by atoms with E-state index in [1.807, 2.05) is 0 Å². The molecule has 210 valence electrons. The number of fused-ring (bicyclic) bond motifs is 3. The summed E-state index contributed by atoms with van der Waals surface area (Å²) in [6, 6.07) is 54.0. The van der Waals surface area contributed by atoms with E-state index in [-0.39, 0.29) is 0 Å². The average Bonchev–Trinajstić information content (AvgIpc) is 3.49. The molecule has 1 aliphatic carbocycles. The normalized spacial score (nSPS) is 12.3. The molecule has 2 nitrogen and oxygen atoms in total. The fourth-order valence-corrected chi connectivity index (χ4v) is 6.32. The predicted octanol–water partition coefficient (Wildman–Crippen LogP) is 11.9. The van der Waals surface area contributed by atoms with E-state index in [0.717, 1.165) is 41.2 Å². The van der Waals surface area contributed by atoms with E-state index < -0.39 is 0 Å². The highest BCUT2D eigenvalue weighted by Crippen LogP contribution is 2.45. The van der Waals surface area contributed by atoms with Gasteiger partial charge in [0.05, 0.1) is 5.69 Å². The van der Waals surface area contributed by atoms with Crippen LogP contribution in [0.3, 0.4) is 0 Å². The van der Waals surface area contributed by atoms with Gasteiger partial charge in [-0.15, -0.1) is 0 Å². The van der Waals surface area contributed by atoms with Crippen LogP contribution in [0.15, 0.2) is 162 Å². The minimum absolute atomic E-state index is 0.919. The fourth-order valence-electron chi connectivity index (χ4n) is 6.32. The molecule has 6 aromatic carbocycles. The van der Waals surface area contributed by atoms with Gasteiger partial charge in [0.15, 0.2) is 5.58 Å². The summed E-state index contributed by atoms with van der Waals surface area (Å²) in [5.74, 6) is 0.969.